The molecule has 0 aliphatic heterocycles. The van der Waals surface area contributed by atoms with Crippen LogP contribution in [-0.4, -0.2) is 31.7 Å². The first-order valence-corrected chi connectivity index (χ1v) is 10.1. The van der Waals surface area contributed by atoms with E-state index in [-0.39, 0.29) is 18.2 Å². The van der Waals surface area contributed by atoms with E-state index in [9.17, 15) is 13.2 Å². The highest BCUT2D eigenvalue weighted by molar-refractivity contribution is 7.86. The van der Waals surface area contributed by atoms with Crippen LogP contribution >= 0.6 is 0 Å². The molecule has 0 aliphatic carbocycles. The van der Waals surface area contributed by atoms with Crippen LogP contribution < -0.4 is 5.32 Å². The number of hydrogen-bond acceptors (Lipinski definition) is 5. The number of hydrogen-bond donors (Lipinski definition) is 1. The Morgan fingerprint density at radius 2 is 1.48 bits per heavy atom. The molecule has 2 aromatic carbocycles. The van der Waals surface area contributed by atoms with Gasteiger partial charge in [0.05, 0.1) is 18.8 Å². The van der Waals surface area contributed by atoms with Crippen LogP contribution in [0.3, 0.4) is 0 Å². The smallest absolute Gasteiger partial charge is 0.285 e. The van der Waals surface area contributed by atoms with Crippen molar-refractivity contribution in [1.29, 1.82) is 0 Å². The summed E-state index contributed by atoms with van der Waals surface area (Å²) < 4.78 is 30.0. The topological polar surface area (TPSA) is 75.7 Å². The number of amides is 1. The first-order chi connectivity index (χ1) is 12.9. The number of nitrogens with one attached hydrogen (secondary N) is 1. The molecule has 2 rings (SSSR count). The molecule has 1 N–H and O–H groups in total. The van der Waals surface area contributed by atoms with Gasteiger partial charge in [-0.05, 0) is 18.1 Å². The molecular formula is C20H24N2O4S. The lowest BCUT2D eigenvalue weighted by atomic mass is 10.2. The average molecular weight is 388 g/mol. The van der Waals surface area contributed by atoms with Crippen molar-refractivity contribution in [1.82, 2.24) is 10.4 Å². The molecule has 0 unspecified atom stereocenters. The molecule has 27 heavy (non-hydrogen) atoms. The van der Waals surface area contributed by atoms with Crippen LogP contribution in [0.4, 0.5) is 0 Å². The van der Waals surface area contributed by atoms with E-state index in [1.165, 1.54) is 5.06 Å². The van der Waals surface area contributed by atoms with Gasteiger partial charge in [0.15, 0.2) is 0 Å². The second-order valence-corrected chi connectivity index (χ2v) is 7.81. The van der Waals surface area contributed by atoms with E-state index < -0.39 is 10.1 Å². The molecule has 1 amide bonds. The van der Waals surface area contributed by atoms with Crippen molar-refractivity contribution in [3.8, 4) is 0 Å². The monoisotopic (exact) mass is 388 g/mol. The van der Waals surface area contributed by atoms with Gasteiger partial charge in [0.1, 0.15) is 0 Å². The van der Waals surface area contributed by atoms with Gasteiger partial charge < -0.3 is 5.32 Å². The zero-order valence-electron chi connectivity index (χ0n) is 15.3. The number of hydroxylamine groups is 2. The molecule has 0 spiro atoms. The van der Waals surface area contributed by atoms with Crippen molar-refractivity contribution in [3.63, 3.8) is 0 Å². The lowest BCUT2D eigenvalue weighted by Crippen LogP contribution is -2.33. The second-order valence-electron chi connectivity index (χ2n) is 6.14. The average Bonchev–Trinajstić information content (AvgIpc) is 2.62. The molecule has 0 saturated heterocycles. The second kappa shape index (κ2) is 10.0. The number of carbonyl (C=O) groups is 1. The maximum absolute atomic E-state index is 12.3. The lowest BCUT2D eigenvalue weighted by molar-refractivity contribution is -0.117. The van der Waals surface area contributed by atoms with Crippen LogP contribution in [-0.2, 0) is 32.3 Å². The minimum absolute atomic E-state index is 0.0431. The van der Waals surface area contributed by atoms with Crippen molar-refractivity contribution in [3.05, 3.63) is 83.9 Å². The van der Waals surface area contributed by atoms with E-state index in [4.69, 9.17) is 4.28 Å². The summed E-state index contributed by atoms with van der Waals surface area (Å²) in [7, 11) is -3.86. The third-order valence-electron chi connectivity index (χ3n) is 3.65. The Kier molecular flexibility index (Phi) is 7.72. The zero-order chi connectivity index (χ0) is 19.7. The summed E-state index contributed by atoms with van der Waals surface area (Å²) in [6.07, 6.45) is 0. The van der Waals surface area contributed by atoms with Crippen LogP contribution in [0.15, 0.2) is 72.8 Å². The van der Waals surface area contributed by atoms with Crippen LogP contribution in [0.25, 0.3) is 0 Å². The fourth-order valence-electron chi connectivity index (χ4n) is 2.32. The molecule has 0 aromatic heterocycles. The molecule has 0 aliphatic rings. The van der Waals surface area contributed by atoms with Gasteiger partial charge in [-0.2, -0.15) is 17.8 Å². The Balaban J connectivity index is 2.03. The first kappa shape index (κ1) is 20.8. The normalized spacial score (nSPS) is 11.3. The van der Waals surface area contributed by atoms with Crippen molar-refractivity contribution in [2.45, 2.75) is 20.0 Å². The lowest BCUT2D eigenvalue weighted by Gasteiger charge is -2.21. The van der Waals surface area contributed by atoms with Crippen molar-refractivity contribution in [2.75, 3.05) is 12.3 Å². The summed E-state index contributed by atoms with van der Waals surface area (Å²) in [4.78, 5) is 11.5. The third-order valence-corrected chi connectivity index (χ3v) is 4.79. The highest BCUT2D eigenvalue weighted by atomic mass is 32.2. The molecule has 2 aromatic rings. The Morgan fingerprint density at radius 1 is 1.00 bits per heavy atom. The predicted octanol–water partition coefficient (Wildman–Crippen LogP) is 2.64. The van der Waals surface area contributed by atoms with Gasteiger partial charge in [-0.1, -0.05) is 67.2 Å². The van der Waals surface area contributed by atoms with E-state index in [0.29, 0.717) is 18.7 Å². The zero-order valence-corrected chi connectivity index (χ0v) is 16.1. The van der Waals surface area contributed by atoms with Crippen molar-refractivity contribution in [2.24, 2.45) is 0 Å². The summed E-state index contributed by atoms with van der Waals surface area (Å²) in [5.41, 5.74) is 2.18. The van der Waals surface area contributed by atoms with Gasteiger partial charge in [0.25, 0.3) is 10.1 Å². The van der Waals surface area contributed by atoms with E-state index in [1.54, 1.807) is 6.92 Å². The molecule has 0 heterocycles. The number of carbonyl (C=O) groups excluding carboxylic acids is 1. The van der Waals surface area contributed by atoms with Gasteiger partial charge in [0.2, 0.25) is 5.91 Å². The molecule has 7 heteroatoms. The largest absolute Gasteiger partial charge is 0.351 e. The predicted molar refractivity (Wildman–Crippen MR) is 105 cm³/mol. The summed E-state index contributed by atoms with van der Waals surface area (Å²) in [6, 6.07) is 19.0. The van der Waals surface area contributed by atoms with Gasteiger partial charge >= 0.3 is 0 Å². The van der Waals surface area contributed by atoms with E-state index in [1.807, 2.05) is 60.7 Å². The summed E-state index contributed by atoms with van der Waals surface area (Å²) in [5.74, 6) is -0.706. The molecule has 144 valence electrons. The van der Waals surface area contributed by atoms with Gasteiger partial charge in [-0.3, -0.25) is 4.79 Å². The summed E-state index contributed by atoms with van der Waals surface area (Å²) in [6.45, 7) is 5.65. The Labute approximate surface area is 160 Å². The Bertz CT molecular complexity index is 811. The minimum Gasteiger partial charge on any atom is -0.351 e. The molecule has 6 nitrogen and oxygen atoms in total. The van der Waals surface area contributed by atoms with Gasteiger partial charge in [0, 0.05) is 12.1 Å². The Hall–Kier alpha value is -2.48. The molecule has 0 radical (unpaired) electrons. The highest BCUT2D eigenvalue weighted by Gasteiger charge is 2.19. The molecule has 0 saturated carbocycles. The number of rotatable bonds is 10. The Morgan fingerprint density at radius 3 is 1.93 bits per heavy atom. The van der Waals surface area contributed by atoms with Crippen LogP contribution in [0, 0.1) is 0 Å². The number of nitrogens with zero attached hydrogens (tertiary/aromatic N) is 1. The van der Waals surface area contributed by atoms with Crippen LogP contribution in [0.5, 0.6) is 0 Å². The van der Waals surface area contributed by atoms with Gasteiger partial charge in [-0.15, -0.1) is 0 Å². The van der Waals surface area contributed by atoms with E-state index >= 15 is 0 Å². The maximum Gasteiger partial charge on any atom is 0.285 e. The first-order valence-electron chi connectivity index (χ1n) is 8.54. The fraction of sp³-hybridized carbons (Fsp3) is 0.250. The van der Waals surface area contributed by atoms with Crippen LogP contribution in [0.1, 0.15) is 18.1 Å². The summed E-state index contributed by atoms with van der Waals surface area (Å²) >= 11 is 0. The van der Waals surface area contributed by atoms with E-state index in [2.05, 4.69) is 11.9 Å². The van der Waals surface area contributed by atoms with E-state index in [0.717, 1.165) is 11.1 Å². The maximum atomic E-state index is 12.3. The highest BCUT2D eigenvalue weighted by Crippen LogP contribution is 2.13. The molecule has 0 bridgehead atoms. The minimum atomic E-state index is -3.86. The number of benzene rings is 2. The SMILES string of the molecule is C=C(C)C(=O)NCCS(=O)(=O)ON(Cc1ccccc1)Cc1ccccc1. The quantitative estimate of drug-likeness (QED) is 0.500. The summed E-state index contributed by atoms with van der Waals surface area (Å²) in [5, 5.41) is 3.90. The standard InChI is InChI=1S/C20H24N2O4S/c1-17(2)20(23)21-13-14-27(24,25)26-22(15-18-9-5-3-6-10-18)16-19-11-7-4-8-12-19/h3-12H,1,13-16H2,2H3,(H,21,23). The molecule has 0 fully saturated rings. The third kappa shape index (κ3) is 7.74. The molecule has 0 atom stereocenters. The van der Waals surface area contributed by atoms with Crippen LogP contribution in [0.2, 0.25) is 0 Å². The van der Waals surface area contributed by atoms with Crippen molar-refractivity contribution < 1.29 is 17.5 Å². The fourth-order valence-corrected chi connectivity index (χ4v) is 3.17. The van der Waals surface area contributed by atoms with Gasteiger partial charge in [-0.25, -0.2) is 0 Å². The molecular weight excluding hydrogens is 364 g/mol. The van der Waals surface area contributed by atoms with Crippen molar-refractivity contribution >= 4 is 16.0 Å².